The molecule has 23 heavy (non-hydrogen) atoms. The summed E-state index contributed by atoms with van der Waals surface area (Å²) in [5.74, 6) is -0.116. The van der Waals surface area contributed by atoms with Gasteiger partial charge < -0.3 is 16.0 Å². The van der Waals surface area contributed by atoms with Gasteiger partial charge in [-0.25, -0.2) is 0 Å². The molecule has 0 bridgehead atoms. The smallest absolute Gasteiger partial charge is 0.255 e. The van der Waals surface area contributed by atoms with E-state index in [9.17, 15) is 4.79 Å². The molecule has 1 aliphatic heterocycles. The molecule has 3 N–H and O–H groups in total. The second-order valence-corrected chi connectivity index (χ2v) is 6.14. The van der Waals surface area contributed by atoms with Crippen LogP contribution in [0.3, 0.4) is 0 Å². The predicted molar refractivity (Wildman–Crippen MR) is 96.1 cm³/mol. The summed E-state index contributed by atoms with van der Waals surface area (Å²) in [6.07, 6.45) is 3.72. The lowest BCUT2D eigenvalue weighted by atomic mass is 10.1. The Morgan fingerprint density at radius 3 is 2.39 bits per heavy atom. The summed E-state index contributed by atoms with van der Waals surface area (Å²) in [6.45, 7) is 4.11. The average molecular weight is 309 g/mol. The van der Waals surface area contributed by atoms with Crippen LogP contribution in [0.1, 0.15) is 35.2 Å². The van der Waals surface area contributed by atoms with Gasteiger partial charge in [0, 0.05) is 24.3 Å². The van der Waals surface area contributed by atoms with Crippen molar-refractivity contribution >= 4 is 23.0 Å². The Hall–Kier alpha value is -2.49. The molecular formula is C19H23N3O. The average Bonchev–Trinajstić information content (AvgIpc) is 2.56. The van der Waals surface area contributed by atoms with Gasteiger partial charge in [-0.05, 0) is 56.5 Å². The van der Waals surface area contributed by atoms with Gasteiger partial charge in [0.05, 0.1) is 11.4 Å². The van der Waals surface area contributed by atoms with E-state index in [1.807, 2.05) is 49.4 Å². The van der Waals surface area contributed by atoms with Gasteiger partial charge in [0.2, 0.25) is 0 Å². The number of nitrogens with zero attached hydrogens (tertiary/aromatic N) is 1. The molecule has 0 radical (unpaired) electrons. The fourth-order valence-corrected chi connectivity index (χ4v) is 2.96. The van der Waals surface area contributed by atoms with E-state index in [2.05, 4.69) is 10.2 Å². The van der Waals surface area contributed by atoms with Crippen molar-refractivity contribution in [1.29, 1.82) is 0 Å². The highest BCUT2D eigenvalue weighted by molar-refractivity contribution is 6.04. The number of amides is 1. The molecular weight excluding hydrogens is 286 g/mol. The number of aryl methyl sites for hydroxylation is 1. The van der Waals surface area contributed by atoms with Gasteiger partial charge >= 0.3 is 0 Å². The number of nitrogens with two attached hydrogens (primary N) is 1. The van der Waals surface area contributed by atoms with Crippen LogP contribution in [0.25, 0.3) is 0 Å². The summed E-state index contributed by atoms with van der Waals surface area (Å²) < 4.78 is 0. The van der Waals surface area contributed by atoms with Crippen molar-refractivity contribution in [2.45, 2.75) is 26.2 Å². The van der Waals surface area contributed by atoms with Crippen LogP contribution >= 0.6 is 0 Å². The first kappa shape index (κ1) is 15.4. The molecule has 0 aromatic heterocycles. The number of carbonyl (C=O) groups excluding carboxylic acids is 1. The second kappa shape index (κ2) is 6.73. The summed E-state index contributed by atoms with van der Waals surface area (Å²) in [7, 11) is 0. The maximum atomic E-state index is 12.3. The van der Waals surface area contributed by atoms with Crippen molar-refractivity contribution in [2.24, 2.45) is 0 Å². The second-order valence-electron chi connectivity index (χ2n) is 6.14. The monoisotopic (exact) mass is 309 g/mol. The van der Waals surface area contributed by atoms with Crippen LogP contribution in [0.5, 0.6) is 0 Å². The van der Waals surface area contributed by atoms with Gasteiger partial charge in [-0.2, -0.15) is 0 Å². The third-order valence-electron chi connectivity index (χ3n) is 4.30. The van der Waals surface area contributed by atoms with E-state index in [0.717, 1.165) is 30.0 Å². The lowest BCUT2D eigenvalue weighted by Crippen LogP contribution is -2.30. The summed E-state index contributed by atoms with van der Waals surface area (Å²) in [6, 6.07) is 13.3. The van der Waals surface area contributed by atoms with Crippen molar-refractivity contribution in [3.8, 4) is 0 Å². The van der Waals surface area contributed by atoms with Gasteiger partial charge in [0.1, 0.15) is 0 Å². The number of rotatable bonds is 3. The zero-order chi connectivity index (χ0) is 16.2. The molecule has 1 heterocycles. The quantitative estimate of drug-likeness (QED) is 0.847. The Bertz CT molecular complexity index is 688. The normalized spacial score (nSPS) is 14.6. The minimum Gasteiger partial charge on any atom is -0.397 e. The van der Waals surface area contributed by atoms with E-state index in [0.29, 0.717) is 11.3 Å². The maximum absolute atomic E-state index is 12.3. The summed E-state index contributed by atoms with van der Waals surface area (Å²) in [4.78, 5) is 14.6. The number of piperidine rings is 1. The number of hydrogen-bond donors (Lipinski definition) is 2. The Morgan fingerprint density at radius 2 is 1.74 bits per heavy atom. The Balaban J connectivity index is 1.72. The number of hydrogen-bond acceptors (Lipinski definition) is 3. The highest BCUT2D eigenvalue weighted by Crippen LogP contribution is 2.29. The zero-order valence-corrected chi connectivity index (χ0v) is 13.5. The molecule has 2 aromatic rings. The Labute approximate surface area is 137 Å². The summed E-state index contributed by atoms with van der Waals surface area (Å²) >= 11 is 0. The molecule has 1 fully saturated rings. The summed E-state index contributed by atoms with van der Waals surface area (Å²) in [5.41, 5.74) is 10.5. The number of nitrogens with one attached hydrogen (secondary N) is 1. The maximum Gasteiger partial charge on any atom is 0.255 e. The van der Waals surface area contributed by atoms with Crippen LogP contribution in [-0.2, 0) is 0 Å². The van der Waals surface area contributed by atoms with E-state index in [1.54, 1.807) is 0 Å². The molecule has 4 heteroatoms. The third-order valence-corrected chi connectivity index (χ3v) is 4.30. The molecule has 0 saturated carbocycles. The van der Waals surface area contributed by atoms with Crippen LogP contribution in [0.15, 0.2) is 42.5 Å². The van der Waals surface area contributed by atoms with Crippen LogP contribution in [0, 0.1) is 6.92 Å². The van der Waals surface area contributed by atoms with Crippen LogP contribution in [0.2, 0.25) is 0 Å². The first-order chi connectivity index (χ1) is 11.1. The van der Waals surface area contributed by atoms with Crippen molar-refractivity contribution < 1.29 is 4.79 Å². The lowest BCUT2D eigenvalue weighted by molar-refractivity contribution is 0.102. The molecule has 0 aliphatic carbocycles. The SMILES string of the molecule is Cc1ccc(C(=O)Nc2ccc(N3CCCCC3)c(N)c2)cc1. The van der Waals surface area contributed by atoms with Crippen LogP contribution < -0.4 is 16.0 Å². The largest absolute Gasteiger partial charge is 0.397 e. The van der Waals surface area contributed by atoms with E-state index >= 15 is 0 Å². The minimum absolute atomic E-state index is 0.116. The first-order valence-corrected chi connectivity index (χ1v) is 8.16. The van der Waals surface area contributed by atoms with Crippen LogP contribution in [-0.4, -0.2) is 19.0 Å². The number of carbonyl (C=O) groups is 1. The van der Waals surface area contributed by atoms with Gasteiger partial charge in [-0.3, -0.25) is 4.79 Å². The fourth-order valence-electron chi connectivity index (χ4n) is 2.96. The zero-order valence-electron chi connectivity index (χ0n) is 13.5. The molecule has 0 spiro atoms. The molecule has 0 unspecified atom stereocenters. The molecule has 2 aromatic carbocycles. The van der Waals surface area contributed by atoms with Gasteiger partial charge in [-0.15, -0.1) is 0 Å². The van der Waals surface area contributed by atoms with E-state index in [4.69, 9.17) is 5.73 Å². The van der Waals surface area contributed by atoms with E-state index in [1.165, 1.54) is 19.3 Å². The molecule has 1 saturated heterocycles. The van der Waals surface area contributed by atoms with Crippen molar-refractivity contribution in [1.82, 2.24) is 0 Å². The van der Waals surface area contributed by atoms with E-state index < -0.39 is 0 Å². The van der Waals surface area contributed by atoms with Crippen molar-refractivity contribution in [3.05, 3.63) is 53.6 Å². The Kier molecular flexibility index (Phi) is 4.51. The Morgan fingerprint density at radius 1 is 1.04 bits per heavy atom. The van der Waals surface area contributed by atoms with Crippen molar-refractivity contribution in [3.63, 3.8) is 0 Å². The topological polar surface area (TPSA) is 58.4 Å². The number of anilines is 3. The third kappa shape index (κ3) is 3.65. The van der Waals surface area contributed by atoms with Crippen molar-refractivity contribution in [2.75, 3.05) is 29.0 Å². The minimum atomic E-state index is -0.116. The molecule has 120 valence electrons. The molecule has 4 nitrogen and oxygen atoms in total. The van der Waals surface area contributed by atoms with Gasteiger partial charge in [0.15, 0.2) is 0 Å². The van der Waals surface area contributed by atoms with Gasteiger partial charge in [0.25, 0.3) is 5.91 Å². The lowest BCUT2D eigenvalue weighted by Gasteiger charge is -2.30. The summed E-state index contributed by atoms with van der Waals surface area (Å²) in [5, 5.41) is 2.91. The number of nitrogen functional groups attached to an aromatic ring is 1. The predicted octanol–water partition coefficient (Wildman–Crippen LogP) is 3.82. The number of benzene rings is 2. The molecule has 0 atom stereocenters. The van der Waals surface area contributed by atoms with E-state index in [-0.39, 0.29) is 5.91 Å². The fraction of sp³-hybridized carbons (Fsp3) is 0.316. The highest BCUT2D eigenvalue weighted by Gasteiger charge is 2.14. The molecule has 1 aliphatic rings. The molecule has 3 rings (SSSR count). The standard InChI is InChI=1S/C19H23N3O/c1-14-5-7-15(8-6-14)19(23)21-16-9-10-18(17(20)13-16)22-11-3-2-4-12-22/h5-10,13H,2-4,11-12,20H2,1H3,(H,21,23). The first-order valence-electron chi connectivity index (χ1n) is 8.16. The molecule has 1 amide bonds. The van der Waals surface area contributed by atoms with Gasteiger partial charge in [-0.1, -0.05) is 17.7 Å². The van der Waals surface area contributed by atoms with Crippen LogP contribution in [0.4, 0.5) is 17.1 Å². The highest BCUT2D eigenvalue weighted by atomic mass is 16.1.